The highest BCUT2D eigenvalue weighted by molar-refractivity contribution is 7.10. The molecule has 0 aliphatic heterocycles. The molecule has 5 heteroatoms. The Bertz CT molecular complexity index is 1150. The van der Waals surface area contributed by atoms with Gasteiger partial charge in [0, 0.05) is 28.9 Å². The van der Waals surface area contributed by atoms with Gasteiger partial charge < -0.3 is 14.5 Å². The lowest BCUT2D eigenvalue weighted by molar-refractivity contribution is 0.414. The maximum absolute atomic E-state index is 12.1. The summed E-state index contributed by atoms with van der Waals surface area (Å²) in [6, 6.07) is 20.1. The third-order valence-corrected chi connectivity index (χ3v) is 6.02. The number of hydrogen-bond acceptors (Lipinski definition) is 5. The van der Waals surface area contributed by atoms with Crippen molar-refractivity contribution in [3.63, 3.8) is 0 Å². The van der Waals surface area contributed by atoms with Gasteiger partial charge in [0.1, 0.15) is 11.3 Å². The van der Waals surface area contributed by atoms with E-state index in [1.807, 2.05) is 12.1 Å². The van der Waals surface area contributed by atoms with Gasteiger partial charge in [-0.05, 0) is 46.7 Å². The number of ether oxygens (including phenoxy) is 1. The second kappa shape index (κ2) is 8.64. The summed E-state index contributed by atoms with van der Waals surface area (Å²) < 4.78 is 10.6. The fourth-order valence-electron chi connectivity index (χ4n) is 3.48. The van der Waals surface area contributed by atoms with Gasteiger partial charge in [-0.2, -0.15) is 0 Å². The molecule has 1 atom stereocenters. The molecular weight excluding hydrogens is 382 g/mol. The molecule has 0 aliphatic carbocycles. The Balaban J connectivity index is 1.66. The molecule has 0 saturated heterocycles. The molecule has 0 bridgehead atoms. The molecule has 0 aliphatic rings. The van der Waals surface area contributed by atoms with Gasteiger partial charge in [0.2, 0.25) is 0 Å². The molecule has 0 unspecified atom stereocenters. The first-order valence-corrected chi connectivity index (χ1v) is 10.5. The second-order valence-corrected chi connectivity index (χ2v) is 7.86. The number of thiophene rings is 1. The Morgan fingerprint density at radius 1 is 1.10 bits per heavy atom. The maximum Gasteiger partial charge on any atom is 0.336 e. The standard InChI is InChI=1S/C24H23NO3S/c1-3-16-6-8-17(9-7-16)24(22-5-4-12-29-22)25-15-18-13-23(26)28-21-14-19(27-2)10-11-20(18)21/h4-14,24-25H,3,15H2,1-2H3/t24-/m1/s1. The highest BCUT2D eigenvalue weighted by atomic mass is 32.1. The molecule has 0 saturated carbocycles. The van der Waals surface area contributed by atoms with E-state index in [1.54, 1.807) is 30.6 Å². The molecular formula is C24H23NO3S. The topological polar surface area (TPSA) is 51.5 Å². The normalized spacial score (nSPS) is 12.2. The quantitative estimate of drug-likeness (QED) is 0.424. The van der Waals surface area contributed by atoms with E-state index < -0.39 is 0 Å². The van der Waals surface area contributed by atoms with E-state index in [0.717, 1.165) is 17.4 Å². The van der Waals surface area contributed by atoms with Crippen molar-refractivity contribution in [3.8, 4) is 5.75 Å². The Hall–Kier alpha value is -2.89. The van der Waals surface area contributed by atoms with Crippen LogP contribution >= 0.6 is 11.3 Å². The predicted octanol–water partition coefficient (Wildman–Crippen LogP) is 5.30. The monoisotopic (exact) mass is 405 g/mol. The van der Waals surface area contributed by atoms with E-state index in [1.165, 1.54) is 16.0 Å². The predicted molar refractivity (Wildman–Crippen MR) is 118 cm³/mol. The van der Waals surface area contributed by atoms with Crippen LogP contribution in [0, 0.1) is 0 Å². The van der Waals surface area contributed by atoms with Crippen LogP contribution in [0.5, 0.6) is 5.75 Å². The van der Waals surface area contributed by atoms with Gasteiger partial charge in [-0.15, -0.1) is 11.3 Å². The summed E-state index contributed by atoms with van der Waals surface area (Å²) >= 11 is 1.72. The van der Waals surface area contributed by atoms with Crippen LogP contribution in [0.3, 0.4) is 0 Å². The van der Waals surface area contributed by atoms with Crippen LogP contribution in [-0.4, -0.2) is 7.11 Å². The summed E-state index contributed by atoms with van der Waals surface area (Å²) in [5.74, 6) is 0.665. The van der Waals surface area contributed by atoms with Crippen molar-refractivity contribution in [1.29, 1.82) is 0 Å². The molecule has 0 spiro atoms. The van der Waals surface area contributed by atoms with Crippen LogP contribution in [0.1, 0.15) is 34.5 Å². The average Bonchev–Trinajstić information content (AvgIpc) is 3.28. The van der Waals surface area contributed by atoms with Crippen molar-refractivity contribution in [2.45, 2.75) is 25.9 Å². The van der Waals surface area contributed by atoms with Gasteiger partial charge >= 0.3 is 5.63 Å². The minimum absolute atomic E-state index is 0.0569. The number of methoxy groups -OCH3 is 1. The van der Waals surface area contributed by atoms with Crippen molar-refractivity contribution in [1.82, 2.24) is 5.32 Å². The van der Waals surface area contributed by atoms with Gasteiger partial charge in [0.15, 0.2) is 0 Å². The minimum Gasteiger partial charge on any atom is -0.497 e. The molecule has 2 heterocycles. The van der Waals surface area contributed by atoms with Crippen LogP contribution < -0.4 is 15.7 Å². The Morgan fingerprint density at radius 3 is 2.62 bits per heavy atom. The molecule has 0 fully saturated rings. The Labute approximate surface area is 173 Å². The lowest BCUT2D eigenvalue weighted by Gasteiger charge is -2.19. The van der Waals surface area contributed by atoms with E-state index in [9.17, 15) is 4.79 Å². The van der Waals surface area contributed by atoms with Gasteiger partial charge in [0.05, 0.1) is 13.2 Å². The number of rotatable bonds is 7. The van der Waals surface area contributed by atoms with E-state index >= 15 is 0 Å². The summed E-state index contributed by atoms with van der Waals surface area (Å²) in [5.41, 5.74) is 3.61. The van der Waals surface area contributed by atoms with E-state index in [-0.39, 0.29) is 11.7 Å². The third-order valence-electron chi connectivity index (χ3n) is 5.08. The zero-order valence-electron chi connectivity index (χ0n) is 16.5. The number of nitrogens with one attached hydrogen (secondary N) is 1. The zero-order valence-corrected chi connectivity index (χ0v) is 17.3. The molecule has 0 radical (unpaired) electrons. The van der Waals surface area contributed by atoms with Gasteiger partial charge in [0.25, 0.3) is 0 Å². The van der Waals surface area contributed by atoms with Crippen LogP contribution in [0.4, 0.5) is 0 Å². The summed E-state index contributed by atoms with van der Waals surface area (Å²) in [6.07, 6.45) is 1.02. The van der Waals surface area contributed by atoms with Crippen molar-refractivity contribution in [2.24, 2.45) is 0 Å². The molecule has 148 valence electrons. The molecule has 4 aromatic rings. The van der Waals surface area contributed by atoms with Crippen molar-refractivity contribution >= 4 is 22.3 Å². The van der Waals surface area contributed by atoms with Crippen LogP contribution in [-0.2, 0) is 13.0 Å². The summed E-state index contributed by atoms with van der Waals surface area (Å²) in [4.78, 5) is 13.3. The second-order valence-electron chi connectivity index (χ2n) is 6.88. The first kappa shape index (κ1) is 19.4. The fraction of sp³-hybridized carbons (Fsp3) is 0.208. The summed E-state index contributed by atoms with van der Waals surface area (Å²) in [5, 5.41) is 6.63. The Morgan fingerprint density at radius 2 is 1.93 bits per heavy atom. The minimum atomic E-state index is -0.359. The molecule has 2 aromatic carbocycles. The third kappa shape index (κ3) is 4.26. The molecule has 4 nitrogen and oxygen atoms in total. The van der Waals surface area contributed by atoms with Crippen LogP contribution in [0.2, 0.25) is 0 Å². The summed E-state index contributed by atoms with van der Waals surface area (Å²) in [6.45, 7) is 2.71. The van der Waals surface area contributed by atoms with Gasteiger partial charge in [-0.25, -0.2) is 4.79 Å². The average molecular weight is 406 g/mol. The molecule has 1 N–H and O–H groups in total. The van der Waals surface area contributed by atoms with Crippen LogP contribution in [0.15, 0.2) is 75.3 Å². The van der Waals surface area contributed by atoms with E-state index in [4.69, 9.17) is 9.15 Å². The maximum atomic E-state index is 12.1. The van der Waals surface area contributed by atoms with Crippen molar-refractivity contribution < 1.29 is 9.15 Å². The molecule has 2 aromatic heterocycles. The van der Waals surface area contributed by atoms with E-state index in [0.29, 0.717) is 17.9 Å². The lowest BCUT2D eigenvalue weighted by Crippen LogP contribution is -2.22. The first-order valence-electron chi connectivity index (χ1n) is 9.64. The first-order chi connectivity index (χ1) is 14.2. The number of benzene rings is 2. The molecule has 4 rings (SSSR count). The summed E-state index contributed by atoms with van der Waals surface area (Å²) in [7, 11) is 1.60. The van der Waals surface area contributed by atoms with Crippen molar-refractivity contribution in [3.05, 3.63) is 98.0 Å². The highest BCUT2D eigenvalue weighted by Gasteiger charge is 2.16. The molecule has 29 heavy (non-hydrogen) atoms. The van der Waals surface area contributed by atoms with Crippen LogP contribution in [0.25, 0.3) is 11.0 Å². The van der Waals surface area contributed by atoms with E-state index in [2.05, 4.69) is 54.0 Å². The number of fused-ring (bicyclic) bond motifs is 1. The van der Waals surface area contributed by atoms with Gasteiger partial charge in [-0.3, -0.25) is 0 Å². The lowest BCUT2D eigenvalue weighted by atomic mass is 10.0. The number of aryl methyl sites for hydroxylation is 1. The highest BCUT2D eigenvalue weighted by Crippen LogP contribution is 2.28. The SMILES string of the molecule is CCc1ccc([C@@H](NCc2cc(=O)oc3cc(OC)ccc23)c2cccs2)cc1. The zero-order chi connectivity index (χ0) is 20.2. The van der Waals surface area contributed by atoms with Crippen molar-refractivity contribution in [2.75, 3.05) is 7.11 Å². The largest absolute Gasteiger partial charge is 0.497 e. The van der Waals surface area contributed by atoms with Gasteiger partial charge in [-0.1, -0.05) is 37.3 Å². The fourth-order valence-corrected chi connectivity index (χ4v) is 4.31. The number of hydrogen-bond donors (Lipinski definition) is 1. The Kier molecular flexibility index (Phi) is 5.79. The smallest absolute Gasteiger partial charge is 0.336 e. The molecule has 0 amide bonds.